The average molecular weight is 332 g/mol. The van der Waals surface area contributed by atoms with Gasteiger partial charge in [0.1, 0.15) is 6.61 Å². The molecule has 2 fully saturated rings. The zero-order chi connectivity index (χ0) is 16.7. The number of hydrogen-bond acceptors (Lipinski definition) is 6. The molecule has 3 amide bonds. The minimum atomic E-state index is -0.722. The van der Waals surface area contributed by atoms with Gasteiger partial charge in [0.15, 0.2) is 18.1 Å². The molecular weight excluding hydrogens is 316 g/mol. The van der Waals surface area contributed by atoms with E-state index in [1.165, 1.54) is 0 Å². The number of likely N-dealkylation sites (tertiary alicyclic amines) is 1. The molecule has 0 aromatic heterocycles. The number of fused-ring (bicyclic) bond motifs is 1. The molecule has 2 saturated heterocycles. The van der Waals surface area contributed by atoms with Crippen LogP contribution in [0.1, 0.15) is 6.42 Å². The Morgan fingerprint density at radius 3 is 2.67 bits per heavy atom. The Balaban J connectivity index is 1.41. The molecule has 8 heteroatoms. The maximum atomic E-state index is 12.6. The van der Waals surface area contributed by atoms with E-state index < -0.39 is 12.2 Å². The van der Waals surface area contributed by atoms with Gasteiger partial charge in [0.05, 0.1) is 6.04 Å². The maximum absolute atomic E-state index is 12.6. The standard InChI is InChI=1S/C16H16N2O6/c19-14-9-23-16(21)18(14)10-5-6-17(7-10)15(20)13-8-22-11-3-1-2-4-12(11)24-13/h1-4,10,13H,5-9H2/t10-,13-/m1/s1. The molecule has 0 spiro atoms. The van der Waals surface area contributed by atoms with E-state index in [4.69, 9.17) is 14.2 Å². The summed E-state index contributed by atoms with van der Waals surface area (Å²) in [5.74, 6) is 0.597. The molecule has 3 heterocycles. The van der Waals surface area contributed by atoms with Gasteiger partial charge >= 0.3 is 6.09 Å². The molecule has 0 radical (unpaired) electrons. The fourth-order valence-corrected chi connectivity index (χ4v) is 3.21. The van der Waals surface area contributed by atoms with Crippen LogP contribution in [0, 0.1) is 0 Å². The van der Waals surface area contributed by atoms with Gasteiger partial charge in [0.2, 0.25) is 6.10 Å². The van der Waals surface area contributed by atoms with Crippen LogP contribution in [0.3, 0.4) is 0 Å². The quantitative estimate of drug-likeness (QED) is 0.780. The highest BCUT2D eigenvalue weighted by molar-refractivity contribution is 5.98. The number of cyclic esters (lactones) is 1. The van der Waals surface area contributed by atoms with Crippen LogP contribution < -0.4 is 9.47 Å². The third-order valence-corrected chi connectivity index (χ3v) is 4.41. The van der Waals surface area contributed by atoms with Crippen LogP contribution in [-0.2, 0) is 14.3 Å². The third-order valence-electron chi connectivity index (χ3n) is 4.41. The molecule has 0 N–H and O–H groups in total. The van der Waals surface area contributed by atoms with Crippen LogP contribution in [0.5, 0.6) is 11.5 Å². The lowest BCUT2D eigenvalue weighted by Gasteiger charge is -2.29. The van der Waals surface area contributed by atoms with E-state index >= 15 is 0 Å². The minimum Gasteiger partial charge on any atom is -0.485 e. The molecule has 0 unspecified atom stereocenters. The summed E-state index contributed by atoms with van der Waals surface area (Å²) in [6.45, 7) is 0.671. The van der Waals surface area contributed by atoms with Crippen molar-refractivity contribution in [1.29, 1.82) is 0 Å². The van der Waals surface area contributed by atoms with Crippen molar-refractivity contribution in [2.24, 2.45) is 0 Å². The molecule has 4 rings (SSSR count). The summed E-state index contributed by atoms with van der Waals surface area (Å²) in [7, 11) is 0. The number of ether oxygens (including phenoxy) is 3. The molecule has 0 bridgehead atoms. The molecule has 3 aliphatic heterocycles. The normalized spacial score (nSPS) is 25.8. The van der Waals surface area contributed by atoms with E-state index in [-0.39, 0.29) is 31.1 Å². The predicted molar refractivity (Wildman–Crippen MR) is 79.5 cm³/mol. The van der Waals surface area contributed by atoms with Gasteiger partial charge in [-0.2, -0.15) is 0 Å². The van der Waals surface area contributed by atoms with E-state index in [1.54, 1.807) is 17.0 Å². The smallest absolute Gasteiger partial charge is 0.417 e. The van der Waals surface area contributed by atoms with Crippen LogP contribution in [0.25, 0.3) is 0 Å². The van der Waals surface area contributed by atoms with E-state index in [2.05, 4.69) is 0 Å². The summed E-state index contributed by atoms with van der Waals surface area (Å²) < 4.78 is 16.0. The van der Waals surface area contributed by atoms with E-state index in [1.807, 2.05) is 12.1 Å². The first kappa shape index (κ1) is 14.8. The molecule has 1 aromatic carbocycles. The van der Waals surface area contributed by atoms with E-state index in [9.17, 15) is 14.4 Å². The number of carbonyl (C=O) groups excluding carboxylic acids is 3. The lowest BCUT2D eigenvalue weighted by molar-refractivity contribution is -0.140. The van der Waals surface area contributed by atoms with Crippen molar-refractivity contribution >= 4 is 17.9 Å². The van der Waals surface area contributed by atoms with Gasteiger partial charge in [-0.05, 0) is 18.6 Å². The molecule has 0 saturated carbocycles. The maximum Gasteiger partial charge on any atom is 0.417 e. The number of para-hydroxylation sites is 2. The van der Waals surface area contributed by atoms with E-state index in [0.29, 0.717) is 31.0 Å². The average Bonchev–Trinajstić information content (AvgIpc) is 3.20. The van der Waals surface area contributed by atoms with Gasteiger partial charge in [0, 0.05) is 13.1 Å². The van der Waals surface area contributed by atoms with Crippen molar-refractivity contribution < 1.29 is 28.6 Å². The molecule has 2 atom stereocenters. The van der Waals surface area contributed by atoms with Gasteiger partial charge in [-0.1, -0.05) is 12.1 Å². The van der Waals surface area contributed by atoms with Crippen molar-refractivity contribution in [3.63, 3.8) is 0 Å². The fourth-order valence-electron chi connectivity index (χ4n) is 3.21. The topological polar surface area (TPSA) is 85.4 Å². The van der Waals surface area contributed by atoms with Crippen LogP contribution in [0.15, 0.2) is 24.3 Å². The molecule has 126 valence electrons. The van der Waals surface area contributed by atoms with Crippen molar-refractivity contribution in [1.82, 2.24) is 9.80 Å². The summed E-state index contributed by atoms with van der Waals surface area (Å²) in [5.41, 5.74) is 0. The van der Waals surface area contributed by atoms with Crippen LogP contribution in [-0.4, -0.2) is 66.2 Å². The van der Waals surface area contributed by atoms with Gasteiger partial charge in [-0.3, -0.25) is 9.59 Å². The first-order valence-corrected chi connectivity index (χ1v) is 7.79. The summed E-state index contributed by atoms with van der Waals surface area (Å²) in [4.78, 5) is 38.7. The first-order chi connectivity index (χ1) is 11.6. The molecule has 0 aliphatic carbocycles. The summed E-state index contributed by atoms with van der Waals surface area (Å²) in [6, 6.07) is 6.84. The first-order valence-electron chi connectivity index (χ1n) is 7.79. The molecule has 3 aliphatic rings. The monoisotopic (exact) mass is 332 g/mol. The van der Waals surface area contributed by atoms with Gasteiger partial charge in [0.25, 0.3) is 11.8 Å². The third kappa shape index (κ3) is 2.44. The van der Waals surface area contributed by atoms with Crippen molar-refractivity contribution in [2.45, 2.75) is 18.6 Å². The highest BCUT2D eigenvalue weighted by Crippen LogP contribution is 2.31. The van der Waals surface area contributed by atoms with Crippen molar-refractivity contribution in [3.05, 3.63) is 24.3 Å². The second-order valence-electron chi connectivity index (χ2n) is 5.91. The number of hydrogen-bond donors (Lipinski definition) is 0. The highest BCUT2D eigenvalue weighted by atomic mass is 16.6. The SMILES string of the molecule is O=C([C@H]1COc2ccccc2O1)N1CC[C@@H](N2C(=O)COC2=O)C1. The number of rotatable bonds is 2. The summed E-state index contributed by atoms with van der Waals surface area (Å²) in [5, 5.41) is 0. The van der Waals surface area contributed by atoms with Crippen LogP contribution in [0.2, 0.25) is 0 Å². The van der Waals surface area contributed by atoms with Crippen LogP contribution in [0.4, 0.5) is 4.79 Å². The Labute approximate surface area is 137 Å². The number of carbonyl (C=O) groups is 3. The zero-order valence-corrected chi connectivity index (χ0v) is 12.8. The van der Waals surface area contributed by atoms with Gasteiger partial charge in [-0.25, -0.2) is 9.69 Å². The zero-order valence-electron chi connectivity index (χ0n) is 12.8. The second-order valence-corrected chi connectivity index (χ2v) is 5.91. The predicted octanol–water partition coefficient (Wildman–Crippen LogP) is 0.406. The molecule has 24 heavy (non-hydrogen) atoms. The Morgan fingerprint density at radius 2 is 1.92 bits per heavy atom. The van der Waals surface area contributed by atoms with Crippen molar-refractivity contribution in [2.75, 3.05) is 26.3 Å². The minimum absolute atomic E-state index is 0.141. The lowest BCUT2D eigenvalue weighted by Crippen LogP contribution is -2.47. The Morgan fingerprint density at radius 1 is 1.12 bits per heavy atom. The largest absolute Gasteiger partial charge is 0.485 e. The number of benzene rings is 1. The van der Waals surface area contributed by atoms with Crippen LogP contribution >= 0.6 is 0 Å². The Hall–Kier alpha value is -2.77. The fraction of sp³-hybridized carbons (Fsp3) is 0.438. The van der Waals surface area contributed by atoms with Gasteiger partial charge in [-0.15, -0.1) is 0 Å². The Kier molecular flexibility index (Phi) is 3.51. The highest BCUT2D eigenvalue weighted by Gasteiger charge is 2.43. The lowest BCUT2D eigenvalue weighted by atomic mass is 10.2. The van der Waals surface area contributed by atoms with E-state index in [0.717, 1.165) is 4.90 Å². The Bertz CT molecular complexity index is 690. The van der Waals surface area contributed by atoms with Crippen molar-refractivity contribution in [3.8, 4) is 11.5 Å². The number of amides is 3. The summed E-state index contributed by atoms with van der Waals surface area (Å²) >= 11 is 0. The molecule has 8 nitrogen and oxygen atoms in total. The summed E-state index contributed by atoms with van der Waals surface area (Å²) in [6.07, 6.45) is -0.818. The molecular formula is C16H16N2O6. The second kappa shape index (κ2) is 5.70. The number of nitrogens with zero attached hydrogens (tertiary/aromatic N) is 2. The number of imide groups is 1. The molecule has 1 aromatic rings. The van der Waals surface area contributed by atoms with Gasteiger partial charge < -0.3 is 19.1 Å².